The maximum absolute atomic E-state index is 12.1. The van der Waals surface area contributed by atoms with E-state index < -0.39 is 6.43 Å². The molecule has 1 atom stereocenters. The second-order valence-corrected chi connectivity index (χ2v) is 2.79. The van der Waals surface area contributed by atoms with E-state index in [-0.39, 0.29) is 11.8 Å². The van der Waals surface area contributed by atoms with E-state index in [9.17, 15) is 8.78 Å². The maximum Gasteiger partial charge on any atom is 0.295 e. The van der Waals surface area contributed by atoms with Crippen molar-refractivity contribution in [1.82, 2.24) is 5.32 Å². The molecule has 1 unspecified atom stereocenters. The first-order valence-corrected chi connectivity index (χ1v) is 4.24. The summed E-state index contributed by atoms with van der Waals surface area (Å²) < 4.78 is 29.3. The second-order valence-electron chi connectivity index (χ2n) is 2.79. The Kier molecular flexibility index (Phi) is 3.42. The van der Waals surface area contributed by atoms with Gasteiger partial charge in [0, 0.05) is 0 Å². The molecule has 0 saturated heterocycles. The van der Waals surface area contributed by atoms with Crippen molar-refractivity contribution in [2.24, 2.45) is 0 Å². The van der Waals surface area contributed by atoms with Gasteiger partial charge in [-0.25, -0.2) is 8.78 Å². The zero-order valence-corrected chi connectivity index (χ0v) is 7.68. The first-order chi connectivity index (χ1) is 6.19. The van der Waals surface area contributed by atoms with Crippen LogP contribution in [0.15, 0.2) is 16.5 Å². The molecule has 0 aliphatic heterocycles. The highest BCUT2D eigenvalue weighted by molar-refractivity contribution is 5.11. The van der Waals surface area contributed by atoms with E-state index in [0.29, 0.717) is 5.76 Å². The van der Waals surface area contributed by atoms with Gasteiger partial charge in [-0.1, -0.05) is 6.92 Å². The summed E-state index contributed by atoms with van der Waals surface area (Å²) in [6.07, 6.45) is -1.71. The number of nitrogens with one attached hydrogen (secondary N) is 1. The van der Waals surface area contributed by atoms with Crippen molar-refractivity contribution in [3.05, 3.63) is 23.7 Å². The summed E-state index contributed by atoms with van der Waals surface area (Å²) in [5.74, 6) is 0.309. The lowest BCUT2D eigenvalue weighted by atomic mass is 10.2. The van der Waals surface area contributed by atoms with Crippen LogP contribution in [0.4, 0.5) is 8.78 Å². The van der Waals surface area contributed by atoms with Gasteiger partial charge in [0.15, 0.2) is 5.76 Å². The minimum absolute atomic E-state index is 0.0208. The number of hydrogen-bond acceptors (Lipinski definition) is 2. The quantitative estimate of drug-likeness (QED) is 0.787. The molecule has 1 aromatic rings. The van der Waals surface area contributed by atoms with E-state index >= 15 is 0 Å². The summed E-state index contributed by atoms with van der Waals surface area (Å²) in [5.41, 5.74) is 0. The van der Waals surface area contributed by atoms with Crippen LogP contribution in [0.1, 0.15) is 37.3 Å². The lowest BCUT2D eigenvalue weighted by Gasteiger charge is -2.09. The Morgan fingerprint density at radius 2 is 2.00 bits per heavy atom. The highest BCUT2D eigenvalue weighted by Crippen LogP contribution is 2.25. The van der Waals surface area contributed by atoms with Gasteiger partial charge < -0.3 is 9.73 Å². The van der Waals surface area contributed by atoms with Gasteiger partial charge in [-0.05, 0) is 25.6 Å². The fraction of sp³-hybridized carbons (Fsp3) is 0.556. The SMILES string of the molecule is CCC(NC)c1ccc(C(F)F)o1. The smallest absolute Gasteiger partial charge is 0.295 e. The van der Waals surface area contributed by atoms with Gasteiger partial charge in [0.05, 0.1) is 6.04 Å². The molecule has 0 radical (unpaired) electrons. The molecule has 0 amide bonds. The highest BCUT2D eigenvalue weighted by atomic mass is 19.3. The number of rotatable bonds is 4. The van der Waals surface area contributed by atoms with Gasteiger partial charge in [-0.15, -0.1) is 0 Å². The fourth-order valence-electron chi connectivity index (χ4n) is 1.22. The number of halogens is 2. The molecule has 0 saturated carbocycles. The molecular weight excluding hydrogens is 176 g/mol. The zero-order chi connectivity index (χ0) is 9.84. The summed E-state index contributed by atoms with van der Waals surface area (Å²) in [6, 6.07) is 2.93. The molecule has 13 heavy (non-hydrogen) atoms. The van der Waals surface area contributed by atoms with Crippen LogP contribution in [-0.4, -0.2) is 7.05 Å². The third kappa shape index (κ3) is 2.28. The van der Waals surface area contributed by atoms with Crippen molar-refractivity contribution in [3.8, 4) is 0 Å². The molecule has 0 aliphatic rings. The van der Waals surface area contributed by atoms with Crippen LogP contribution in [0.2, 0.25) is 0 Å². The maximum atomic E-state index is 12.1. The van der Waals surface area contributed by atoms with E-state index in [4.69, 9.17) is 4.42 Å². The predicted molar refractivity (Wildman–Crippen MR) is 45.8 cm³/mol. The van der Waals surface area contributed by atoms with Gasteiger partial charge in [0.25, 0.3) is 6.43 Å². The van der Waals surface area contributed by atoms with Crippen molar-refractivity contribution in [1.29, 1.82) is 0 Å². The molecular formula is C9H13F2NO. The third-order valence-electron chi connectivity index (χ3n) is 1.96. The van der Waals surface area contributed by atoms with Crippen LogP contribution in [-0.2, 0) is 0 Å². The average molecular weight is 189 g/mol. The van der Waals surface area contributed by atoms with E-state index in [1.165, 1.54) is 6.07 Å². The third-order valence-corrected chi connectivity index (χ3v) is 1.96. The molecule has 1 aromatic heterocycles. The predicted octanol–water partition coefficient (Wildman–Crippen LogP) is 2.89. The van der Waals surface area contributed by atoms with Gasteiger partial charge in [0.1, 0.15) is 5.76 Å². The summed E-state index contributed by atoms with van der Waals surface area (Å²) in [5, 5.41) is 2.98. The molecule has 1 N–H and O–H groups in total. The normalized spacial score (nSPS) is 13.6. The lowest BCUT2D eigenvalue weighted by Crippen LogP contribution is -2.14. The van der Waals surface area contributed by atoms with Crippen LogP contribution in [0.5, 0.6) is 0 Å². The standard InChI is InChI=1S/C9H13F2NO/c1-3-6(12-2)7-4-5-8(13-7)9(10)11/h4-6,9,12H,3H2,1-2H3. The summed E-state index contributed by atoms with van der Waals surface area (Å²) in [4.78, 5) is 0. The Hall–Kier alpha value is -0.900. The Morgan fingerprint density at radius 3 is 2.38 bits per heavy atom. The minimum atomic E-state index is -2.52. The molecule has 74 valence electrons. The van der Waals surface area contributed by atoms with Gasteiger partial charge in [-0.2, -0.15) is 0 Å². The molecule has 0 aliphatic carbocycles. The first kappa shape index (κ1) is 10.2. The second kappa shape index (κ2) is 4.37. The molecule has 0 aromatic carbocycles. The van der Waals surface area contributed by atoms with Gasteiger partial charge >= 0.3 is 0 Å². The van der Waals surface area contributed by atoms with Crippen molar-refractivity contribution in [2.45, 2.75) is 25.8 Å². The average Bonchev–Trinajstić information content (AvgIpc) is 2.56. The van der Waals surface area contributed by atoms with E-state index in [2.05, 4.69) is 5.32 Å². The van der Waals surface area contributed by atoms with Crippen LogP contribution in [0.25, 0.3) is 0 Å². The van der Waals surface area contributed by atoms with Crippen molar-refractivity contribution in [3.63, 3.8) is 0 Å². The minimum Gasteiger partial charge on any atom is -0.458 e. The number of alkyl halides is 2. The van der Waals surface area contributed by atoms with Crippen molar-refractivity contribution >= 4 is 0 Å². The topological polar surface area (TPSA) is 25.2 Å². The zero-order valence-electron chi connectivity index (χ0n) is 7.68. The molecule has 1 heterocycles. The molecule has 0 spiro atoms. The van der Waals surface area contributed by atoms with E-state index in [1.54, 1.807) is 13.1 Å². The Morgan fingerprint density at radius 1 is 1.38 bits per heavy atom. The van der Waals surface area contributed by atoms with Crippen LogP contribution in [0, 0.1) is 0 Å². The number of hydrogen-bond donors (Lipinski definition) is 1. The van der Waals surface area contributed by atoms with Gasteiger partial charge in [-0.3, -0.25) is 0 Å². The Bertz CT molecular complexity index is 256. The first-order valence-electron chi connectivity index (χ1n) is 4.24. The summed E-state index contributed by atoms with van der Waals surface area (Å²) in [7, 11) is 1.78. The highest BCUT2D eigenvalue weighted by Gasteiger charge is 2.16. The molecule has 4 heteroatoms. The van der Waals surface area contributed by atoms with Crippen LogP contribution < -0.4 is 5.32 Å². The molecule has 2 nitrogen and oxygen atoms in total. The van der Waals surface area contributed by atoms with Gasteiger partial charge in [0.2, 0.25) is 0 Å². The fourth-order valence-corrected chi connectivity index (χ4v) is 1.22. The van der Waals surface area contributed by atoms with E-state index in [1.807, 2.05) is 6.92 Å². The largest absolute Gasteiger partial charge is 0.458 e. The molecule has 1 rings (SSSR count). The van der Waals surface area contributed by atoms with Crippen molar-refractivity contribution < 1.29 is 13.2 Å². The number of furan rings is 1. The monoisotopic (exact) mass is 189 g/mol. The molecule has 0 fully saturated rings. The van der Waals surface area contributed by atoms with Crippen molar-refractivity contribution in [2.75, 3.05) is 7.05 Å². The van der Waals surface area contributed by atoms with E-state index in [0.717, 1.165) is 6.42 Å². The summed E-state index contributed by atoms with van der Waals surface area (Å²) >= 11 is 0. The Balaban J connectivity index is 2.78. The molecule has 0 bridgehead atoms. The van der Waals surface area contributed by atoms with Crippen LogP contribution >= 0.6 is 0 Å². The Labute approximate surface area is 75.9 Å². The summed E-state index contributed by atoms with van der Waals surface area (Å²) in [6.45, 7) is 1.96. The lowest BCUT2D eigenvalue weighted by molar-refractivity contribution is 0.118. The van der Waals surface area contributed by atoms with Crippen LogP contribution in [0.3, 0.4) is 0 Å².